The summed E-state index contributed by atoms with van der Waals surface area (Å²) in [5.41, 5.74) is 0. The molecule has 0 spiro atoms. The highest BCUT2D eigenvalue weighted by molar-refractivity contribution is 7.87. The number of halogens is 2. The maximum Gasteiger partial charge on any atom is 0.466 e. The van der Waals surface area contributed by atoms with Crippen LogP contribution in [0, 0.1) is 0 Å². The Balaban J connectivity index is 2.90. The smallest absolute Gasteiger partial charge is 0.466 e. The quantitative estimate of drug-likeness (QED) is 0.477. The van der Waals surface area contributed by atoms with Gasteiger partial charge in [0.2, 0.25) is 0 Å². The fourth-order valence-corrected chi connectivity index (χ4v) is 1.04. The molecule has 9 heteroatoms. The Labute approximate surface area is 94.2 Å². The van der Waals surface area contributed by atoms with E-state index in [1.54, 1.807) is 0 Å². The molecule has 0 heterocycles. The number of benzene rings is 1. The van der Waals surface area contributed by atoms with E-state index in [0.29, 0.717) is 0 Å². The van der Waals surface area contributed by atoms with E-state index in [4.69, 9.17) is 9.66 Å². The minimum absolute atomic E-state index is 0.202. The molecule has 6 nitrogen and oxygen atoms in total. The van der Waals surface area contributed by atoms with Crippen LogP contribution in [0.4, 0.5) is 8.78 Å². The molecule has 1 aromatic rings. The van der Waals surface area contributed by atoms with Crippen LogP contribution in [0.25, 0.3) is 0 Å². The second-order valence-electron chi connectivity index (χ2n) is 2.88. The molecule has 1 rings (SSSR count). The van der Waals surface area contributed by atoms with Crippen LogP contribution in [0.2, 0.25) is 0 Å². The van der Waals surface area contributed by atoms with Crippen molar-refractivity contribution < 1.29 is 36.4 Å². The number of alkyl halides is 2. The summed E-state index contributed by atoms with van der Waals surface area (Å²) >= 11 is 0. The zero-order valence-electron chi connectivity index (χ0n) is 8.00. The van der Waals surface area contributed by atoms with Gasteiger partial charge in [-0.05, 0) is 24.3 Å². The van der Waals surface area contributed by atoms with E-state index in [9.17, 15) is 22.0 Å². The van der Waals surface area contributed by atoms with Crippen LogP contribution in [0.5, 0.6) is 11.5 Å². The highest BCUT2D eigenvalue weighted by Gasteiger charge is 2.54. The maximum atomic E-state index is 12.7. The highest BCUT2D eigenvalue weighted by Crippen LogP contribution is 2.24. The molecule has 0 aliphatic rings. The summed E-state index contributed by atoms with van der Waals surface area (Å²) in [7, 11) is -5.89. The predicted molar refractivity (Wildman–Crippen MR) is 50.2 cm³/mol. The SMILES string of the molecule is O=C(Oc1ccc(O)cc1)C(F)(F)S(=O)(=O)O. The lowest BCUT2D eigenvalue weighted by Crippen LogP contribution is -2.40. The van der Waals surface area contributed by atoms with Gasteiger partial charge in [-0.1, -0.05) is 0 Å². The second kappa shape index (κ2) is 4.26. The molecule has 94 valence electrons. The average molecular weight is 268 g/mol. The Morgan fingerprint density at radius 2 is 1.71 bits per heavy atom. The third-order valence-electron chi connectivity index (χ3n) is 1.61. The zero-order chi connectivity index (χ0) is 13.3. The number of hydrogen-bond acceptors (Lipinski definition) is 5. The van der Waals surface area contributed by atoms with E-state index in [-0.39, 0.29) is 5.75 Å². The number of carbonyl (C=O) groups is 1. The third kappa shape index (κ3) is 2.88. The fraction of sp³-hybridized carbons (Fsp3) is 0.125. The number of ether oxygens (including phenoxy) is 1. The third-order valence-corrected chi connectivity index (χ3v) is 2.42. The molecule has 0 saturated carbocycles. The largest absolute Gasteiger partial charge is 0.508 e. The Morgan fingerprint density at radius 3 is 2.12 bits per heavy atom. The van der Waals surface area contributed by atoms with Crippen LogP contribution >= 0.6 is 0 Å². The monoisotopic (exact) mass is 268 g/mol. The Morgan fingerprint density at radius 1 is 1.24 bits per heavy atom. The van der Waals surface area contributed by atoms with Crippen molar-refractivity contribution in [3.63, 3.8) is 0 Å². The van der Waals surface area contributed by atoms with E-state index >= 15 is 0 Å². The number of phenols is 1. The van der Waals surface area contributed by atoms with Crippen molar-refractivity contribution in [3.05, 3.63) is 24.3 Å². The van der Waals surface area contributed by atoms with Crippen molar-refractivity contribution in [2.75, 3.05) is 0 Å². The Hall–Kier alpha value is -1.74. The van der Waals surface area contributed by atoms with Gasteiger partial charge in [0.15, 0.2) is 0 Å². The first-order valence-electron chi connectivity index (χ1n) is 4.01. The lowest BCUT2D eigenvalue weighted by atomic mass is 10.3. The number of carbonyl (C=O) groups excluding carboxylic acids is 1. The van der Waals surface area contributed by atoms with Gasteiger partial charge in [0.25, 0.3) is 0 Å². The van der Waals surface area contributed by atoms with Gasteiger partial charge in [-0.3, -0.25) is 4.55 Å². The Bertz CT molecular complexity index is 521. The summed E-state index contributed by atoms with van der Waals surface area (Å²) in [5.74, 6) is -3.05. The number of phenolic OH excluding ortho intramolecular Hbond substituents is 1. The van der Waals surface area contributed by atoms with Crippen molar-refractivity contribution >= 4 is 16.1 Å². The van der Waals surface area contributed by atoms with Gasteiger partial charge in [0.1, 0.15) is 11.5 Å². The normalized spacial score (nSPS) is 12.2. The van der Waals surface area contributed by atoms with Crippen molar-refractivity contribution in [1.82, 2.24) is 0 Å². The lowest BCUT2D eigenvalue weighted by molar-refractivity contribution is -0.151. The Kier molecular flexibility index (Phi) is 3.34. The van der Waals surface area contributed by atoms with Crippen LogP contribution in [0.15, 0.2) is 24.3 Å². The van der Waals surface area contributed by atoms with E-state index < -0.39 is 27.1 Å². The molecule has 2 N–H and O–H groups in total. The maximum absolute atomic E-state index is 12.7. The second-order valence-corrected chi connectivity index (χ2v) is 4.34. The fourth-order valence-electron chi connectivity index (χ4n) is 0.786. The van der Waals surface area contributed by atoms with E-state index in [1.807, 2.05) is 0 Å². The highest BCUT2D eigenvalue weighted by atomic mass is 32.2. The van der Waals surface area contributed by atoms with Gasteiger partial charge < -0.3 is 9.84 Å². The van der Waals surface area contributed by atoms with Crippen molar-refractivity contribution in [2.24, 2.45) is 0 Å². The van der Waals surface area contributed by atoms with Gasteiger partial charge in [0.05, 0.1) is 0 Å². The first-order chi connectivity index (χ1) is 7.64. The van der Waals surface area contributed by atoms with Crippen LogP contribution < -0.4 is 4.74 Å². The van der Waals surface area contributed by atoms with Crippen molar-refractivity contribution in [1.29, 1.82) is 0 Å². The van der Waals surface area contributed by atoms with Gasteiger partial charge in [-0.2, -0.15) is 17.2 Å². The summed E-state index contributed by atoms with van der Waals surface area (Å²) in [6.07, 6.45) is 0. The van der Waals surface area contributed by atoms with Gasteiger partial charge in [-0.15, -0.1) is 0 Å². The molecule has 0 saturated heterocycles. The van der Waals surface area contributed by atoms with Crippen molar-refractivity contribution in [3.8, 4) is 11.5 Å². The lowest BCUT2D eigenvalue weighted by Gasteiger charge is -2.11. The molecule has 0 fully saturated rings. The first-order valence-corrected chi connectivity index (χ1v) is 5.45. The summed E-state index contributed by atoms with van der Waals surface area (Å²) in [5, 5.41) is 3.80. The molecule has 0 unspecified atom stereocenters. The van der Waals surface area contributed by atoms with E-state index in [1.165, 1.54) is 0 Å². The van der Waals surface area contributed by atoms with Gasteiger partial charge >= 0.3 is 21.3 Å². The average Bonchev–Trinajstić information content (AvgIpc) is 2.19. The molecule has 0 aliphatic heterocycles. The molecule has 17 heavy (non-hydrogen) atoms. The standard InChI is InChI=1S/C8H6F2O6S/c9-8(10,17(13,14)15)7(12)16-6-3-1-5(11)2-4-6/h1-4,11H,(H,13,14,15). The minimum Gasteiger partial charge on any atom is -0.508 e. The zero-order valence-corrected chi connectivity index (χ0v) is 8.82. The molecule has 1 aromatic carbocycles. The van der Waals surface area contributed by atoms with Gasteiger partial charge in [0, 0.05) is 0 Å². The molecule has 0 aliphatic carbocycles. The van der Waals surface area contributed by atoms with E-state index in [2.05, 4.69) is 4.74 Å². The van der Waals surface area contributed by atoms with E-state index in [0.717, 1.165) is 24.3 Å². The first kappa shape index (κ1) is 13.3. The molecule has 0 radical (unpaired) electrons. The molecular weight excluding hydrogens is 262 g/mol. The molecule has 0 bridgehead atoms. The number of hydrogen-bond donors (Lipinski definition) is 2. The van der Waals surface area contributed by atoms with Crippen LogP contribution in [-0.4, -0.2) is 29.3 Å². The number of rotatable bonds is 3. The summed E-state index contributed by atoms with van der Waals surface area (Å²) in [6, 6.07) is 4.00. The summed E-state index contributed by atoms with van der Waals surface area (Å²) in [6.45, 7) is 0. The van der Waals surface area contributed by atoms with Gasteiger partial charge in [-0.25, -0.2) is 4.79 Å². The van der Waals surface area contributed by atoms with Crippen LogP contribution in [0.1, 0.15) is 0 Å². The van der Waals surface area contributed by atoms with Crippen molar-refractivity contribution in [2.45, 2.75) is 5.25 Å². The number of aromatic hydroxyl groups is 1. The topological polar surface area (TPSA) is 101 Å². The summed E-state index contributed by atoms with van der Waals surface area (Å²) < 4.78 is 58.0. The molecular formula is C8H6F2O6S. The predicted octanol–water partition coefficient (Wildman–Crippen LogP) is 0.778. The van der Waals surface area contributed by atoms with Crippen LogP contribution in [-0.2, 0) is 14.9 Å². The van der Waals surface area contributed by atoms with Crippen LogP contribution in [0.3, 0.4) is 0 Å². The molecule has 0 amide bonds. The molecule has 0 aromatic heterocycles. The number of esters is 1. The summed E-state index contributed by atoms with van der Waals surface area (Å²) in [4.78, 5) is 10.8. The molecule has 0 atom stereocenters. The minimum atomic E-state index is -5.89.